The van der Waals surface area contributed by atoms with Crippen LogP contribution >= 0.6 is 0 Å². The van der Waals surface area contributed by atoms with E-state index in [-0.39, 0.29) is 0 Å². The molecule has 1 saturated heterocycles. The number of carbonyl (C=O) groups excluding carboxylic acids is 1. The maximum Gasteiger partial charge on any atom is 0.279 e. The summed E-state index contributed by atoms with van der Waals surface area (Å²) >= 11 is 0. The Kier molecular flexibility index (Phi) is 2.77. The zero-order valence-corrected chi connectivity index (χ0v) is 6.66. The normalized spacial score (nSPS) is 21.3. The van der Waals surface area contributed by atoms with Crippen molar-refractivity contribution < 1.29 is 9.22 Å². The van der Waals surface area contributed by atoms with E-state index in [0.717, 1.165) is 0 Å². The van der Waals surface area contributed by atoms with Crippen LogP contribution in [0.4, 0.5) is 0 Å². The topological polar surface area (TPSA) is 26.3 Å². The van der Waals surface area contributed by atoms with Crippen molar-refractivity contribution >= 4 is 15.5 Å². The maximum absolute atomic E-state index is 9.89. The molecule has 0 aromatic rings. The molecule has 0 aliphatic carbocycles. The van der Waals surface area contributed by atoms with Crippen molar-refractivity contribution in [2.24, 2.45) is 0 Å². The van der Waals surface area contributed by atoms with Crippen molar-refractivity contribution in [3.05, 3.63) is 0 Å². The molecule has 1 aliphatic heterocycles. The molecule has 0 radical (unpaired) electrons. The number of hydrogen-bond donors (Lipinski definition) is 0. The van der Waals surface area contributed by atoms with Gasteiger partial charge in [-0.2, -0.15) is 0 Å². The summed E-state index contributed by atoms with van der Waals surface area (Å²) in [6, 6.07) is 2.41. The molecule has 0 spiro atoms. The first-order valence-corrected chi connectivity index (χ1v) is 5.63. The molecule has 0 unspecified atom stereocenters. The predicted molar refractivity (Wildman–Crippen MR) is 37.8 cm³/mol. The molecule has 52 valence electrons. The van der Waals surface area contributed by atoms with Gasteiger partial charge in [0.05, 0.1) is 0 Å². The van der Waals surface area contributed by atoms with Crippen LogP contribution in [0.3, 0.4) is 0 Å². The van der Waals surface area contributed by atoms with Crippen LogP contribution in [-0.2, 0) is 9.22 Å². The van der Waals surface area contributed by atoms with Crippen LogP contribution in [0, 0.1) is 0 Å². The van der Waals surface area contributed by atoms with E-state index >= 15 is 0 Å². The predicted octanol–water partition coefficient (Wildman–Crippen LogP) is 1.07. The lowest BCUT2D eigenvalue weighted by molar-refractivity contribution is -0.121. The second-order valence-electron chi connectivity index (χ2n) is 2.49. The molecule has 2 nitrogen and oxygen atoms in total. The highest BCUT2D eigenvalue weighted by Crippen LogP contribution is 2.18. The summed E-state index contributed by atoms with van der Waals surface area (Å²) < 4.78 is 4.94. The SMILES string of the molecule is O=CO[SiH]1CCCCC1. The Morgan fingerprint density at radius 1 is 1.22 bits per heavy atom. The van der Waals surface area contributed by atoms with Crippen LogP contribution in [0.15, 0.2) is 0 Å². The van der Waals surface area contributed by atoms with Crippen molar-refractivity contribution in [2.45, 2.75) is 31.4 Å². The minimum Gasteiger partial charge on any atom is -0.524 e. The van der Waals surface area contributed by atoms with Gasteiger partial charge >= 0.3 is 0 Å². The highest BCUT2D eigenvalue weighted by atomic mass is 28.3. The third-order valence-corrected chi connectivity index (χ3v) is 4.40. The fourth-order valence-electron chi connectivity index (χ4n) is 1.28. The van der Waals surface area contributed by atoms with Crippen LogP contribution in [-0.4, -0.2) is 15.5 Å². The summed E-state index contributed by atoms with van der Waals surface area (Å²) in [5, 5.41) is 0. The Morgan fingerprint density at radius 3 is 2.44 bits per heavy atom. The minimum absolute atomic E-state index is 0.627. The lowest BCUT2D eigenvalue weighted by Crippen LogP contribution is -2.19. The maximum atomic E-state index is 9.89. The Balaban J connectivity index is 2.15. The molecule has 1 fully saturated rings. The van der Waals surface area contributed by atoms with Gasteiger partial charge in [0.25, 0.3) is 6.47 Å². The van der Waals surface area contributed by atoms with E-state index in [9.17, 15) is 4.79 Å². The van der Waals surface area contributed by atoms with Crippen LogP contribution in [0.5, 0.6) is 0 Å². The third kappa shape index (κ3) is 2.18. The largest absolute Gasteiger partial charge is 0.524 e. The average Bonchev–Trinajstić information content (AvgIpc) is 1.91. The van der Waals surface area contributed by atoms with Gasteiger partial charge in [0.2, 0.25) is 9.04 Å². The van der Waals surface area contributed by atoms with E-state index in [2.05, 4.69) is 0 Å². The third-order valence-electron chi connectivity index (χ3n) is 1.80. The van der Waals surface area contributed by atoms with Crippen molar-refractivity contribution in [1.29, 1.82) is 0 Å². The number of rotatable bonds is 2. The molecule has 0 bridgehead atoms. The molecule has 1 rings (SSSR count). The van der Waals surface area contributed by atoms with Gasteiger partial charge in [0, 0.05) is 0 Å². The van der Waals surface area contributed by atoms with Gasteiger partial charge < -0.3 is 4.43 Å². The van der Waals surface area contributed by atoms with Crippen molar-refractivity contribution in [1.82, 2.24) is 0 Å². The summed E-state index contributed by atoms with van der Waals surface area (Å²) in [6.45, 7) is 0.627. The first-order chi connectivity index (χ1) is 4.43. The Bertz CT molecular complexity index is 89.1. The van der Waals surface area contributed by atoms with Crippen molar-refractivity contribution in [2.75, 3.05) is 0 Å². The Morgan fingerprint density at radius 2 is 1.89 bits per heavy atom. The minimum atomic E-state index is -0.994. The highest BCUT2D eigenvalue weighted by Gasteiger charge is 2.15. The van der Waals surface area contributed by atoms with Gasteiger partial charge in [-0.1, -0.05) is 19.3 Å². The van der Waals surface area contributed by atoms with Gasteiger partial charge in [-0.15, -0.1) is 0 Å². The number of hydrogen-bond acceptors (Lipinski definition) is 2. The lowest BCUT2D eigenvalue weighted by Gasteiger charge is -2.16. The Hall–Kier alpha value is -0.313. The van der Waals surface area contributed by atoms with E-state index in [0.29, 0.717) is 6.47 Å². The fraction of sp³-hybridized carbons (Fsp3) is 0.833. The van der Waals surface area contributed by atoms with Crippen molar-refractivity contribution in [3.8, 4) is 0 Å². The molecule has 1 aliphatic rings. The Labute approximate surface area is 56.9 Å². The van der Waals surface area contributed by atoms with Crippen LogP contribution in [0.25, 0.3) is 0 Å². The highest BCUT2D eigenvalue weighted by molar-refractivity contribution is 6.53. The smallest absolute Gasteiger partial charge is 0.279 e. The summed E-state index contributed by atoms with van der Waals surface area (Å²) in [5.74, 6) is 0. The fourth-order valence-corrected chi connectivity index (χ4v) is 3.49. The van der Waals surface area contributed by atoms with Crippen molar-refractivity contribution in [3.63, 3.8) is 0 Å². The monoisotopic (exact) mass is 144 g/mol. The van der Waals surface area contributed by atoms with Crippen LogP contribution in [0.2, 0.25) is 12.1 Å². The lowest BCUT2D eigenvalue weighted by atomic mass is 10.3. The molecule has 0 aromatic carbocycles. The molecular weight excluding hydrogens is 132 g/mol. The quantitative estimate of drug-likeness (QED) is 0.428. The van der Waals surface area contributed by atoms with Gasteiger partial charge in [-0.3, -0.25) is 4.79 Å². The molecule has 1 heterocycles. The summed E-state index contributed by atoms with van der Waals surface area (Å²) in [7, 11) is -0.994. The van der Waals surface area contributed by atoms with Gasteiger partial charge in [-0.05, 0) is 12.1 Å². The van der Waals surface area contributed by atoms with E-state index in [1.54, 1.807) is 0 Å². The molecule has 0 aromatic heterocycles. The zero-order valence-electron chi connectivity index (χ0n) is 5.51. The standard InChI is InChI=1S/C6H12O2Si/c7-6-8-9-4-2-1-3-5-9/h6,9H,1-5H2. The summed E-state index contributed by atoms with van der Waals surface area (Å²) in [6.07, 6.45) is 3.90. The van der Waals surface area contributed by atoms with Gasteiger partial charge in [0.15, 0.2) is 0 Å². The van der Waals surface area contributed by atoms with Crippen LogP contribution < -0.4 is 0 Å². The molecule has 0 N–H and O–H groups in total. The first-order valence-electron chi connectivity index (χ1n) is 3.52. The molecule has 0 amide bonds. The second kappa shape index (κ2) is 3.66. The first kappa shape index (κ1) is 6.80. The summed E-state index contributed by atoms with van der Waals surface area (Å²) in [4.78, 5) is 9.89. The van der Waals surface area contributed by atoms with E-state index < -0.39 is 9.04 Å². The average molecular weight is 144 g/mol. The van der Waals surface area contributed by atoms with Crippen LogP contribution in [0.1, 0.15) is 19.3 Å². The summed E-state index contributed by atoms with van der Waals surface area (Å²) in [5.41, 5.74) is 0. The van der Waals surface area contributed by atoms with Gasteiger partial charge in [-0.25, -0.2) is 0 Å². The molecule has 3 heteroatoms. The van der Waals surface area contributed by atoms with E-state index in [1.807, 2.05) is 0 Å². The molecular formula is C6H12O2Si. The molecule has 9 heavy (non-hydrogen) atoms. The van der Waals surface area contributed by atoms with E-state index in [1.165, 1.54) is 31.4 Å². The zero-order chi connectivity index (χ0) is 6.53. The molecule has 0 saturated carbocycles. The second-order valence-corrected chi connectivity index (χ2v) is 5.16. The molecule has 0 atom stereocenters. The van der Waals surface area contributed by atoms with E-state index in [4.69, 9.17) is 4.43 Å². The van der Waals surface area contributed by atoms with Gasteiger partial charge in [0.1, 0.15) is 0 Å². The number of carbonyl (C=O) groups is 1.